The number of carbonyl (C=O) groups excluding carboxylic acids is 1. The maximum atomic E-state index is 12.1. The number of carbonyl (C=O) groups is 1. The summed E-state index contributed by atoms with van der Waals surface area (Å²) in [5.74, 6) is 0. The SMILES string of the molecule is CC(C)(C)OC(=O)N1CC[C@@]2(CCCC[C@H]2N)C1. The van der Waals surface area contributed by atoms with Crippen molar-refractivity contribution in [1.82, 2.24) is 4.90 Å². The zero-order valence-corrected chi connectivity index (χ0v) is 11.9. The normalized spacial score (nSPS) is 32.9. The molecular formula is C14H26N2O2. The Hall–Kier alpha value is -0.770. The van der Waals surface area contributed by atoms with Gasteiger partial charge in [-0.15, -0.1) is 0 Å². The van der Waals surface area contributed by atoms with Crippen LogP contribution >= 0.6 is 0 Å². The number of likely N-dealkylation sites (tertiary alicyclic amines) is 1. The van der Waals surface area contributed by atoms with Crippen molar-refractivity contribution in [2.45, 2.75) is 64.5 Å². The summed E-state index contributed by atoms with van der Waals surface area (Å²) in [6.45, 7) is 7.29. The lowest BCUT2D eigenvalue weighted by molar-refractivity contribution is 0.0255. The largest absolute Gasteiger partial charge is 0.444 e. The Balaban J connectivity index is 1.97. The summed E-state index contributed by atoms with van der Waals surface area (Å²) in [6, 6.07) is 0.249. The van der Waals surface area contributed by atoms with Gasteiger partial charge in [-0.1, -0.05) is 12.8 Å². The number of hydrogen-bond donors (Lipinski definition) is 1. The molecule has 1 aliphatic carbocycles. The Morgan fingerprint density at radius 1 is 1.33 bits per heavy atom. The predicted molar refractivity (Wildman–Crippen MR) is 71.3 cm³/mol. The van der Waals surface area contributed by atoms with E-state index in [1.165, 1.54) is 12.8 Å². The summed E-state index contributed by atoms with van der Waals surface area (Å²) >= 11 is 0. The highest BCUT2D eigenvalue weighted by Gasteiger charge is 2.46. The fraction of sp³-hybridized carbons (Fsp3) is 0.929. The quantitative estimate of drug-likeness (QED) is 0.722. The fourth-order valence-corrected chi connectivity index (χ4v) is 3.22. The number of nitrogens with two attached hydrogens (primary N) is 1. The second kappa shape index (κ2) is 4.72. The van der Waals surface area contributed by atoms with Crippen LogP contribution in [-0.4, -0.2) is 35.7 Å². The molecule has 4 heteroatoms. The summed E-state index contributed by atoms with van der Waals surface area (Å²) in [7, 11) is 0. The summed E-state index contributed by atoms with van der Waals surface area (Å²) in [6.07, 6.45) is 5.59. The predicted octanol–water partition coefficient (Wildman–Crippen LogP) is 2.51. The summed E-state index contributed by atoms with van der Waals surface area (Å²) < 4.78 is 5.44. The summed E-state index contributed by atoms with van der Waals surface area (Å²) in [5.41, 5.74) is 6.03. The number of hydrogen-bond acceptors (Lipinski definition) is 3. The highest BCUT2D eigenvalue weighted by molar-refractivity contribution is 5.68. The van der Waals surface area contributed by atoms with Crippen LogP contribution in [0.5, 0.6) is 0 Å². The highest BCUT2D eigenvalue weighted by Crippen LogP contribution is 2.43. The number of nitrogens with zero attached hydrogens (tertiary/aromatic N) is 1. The van der Waals surface area contributed by atoms with Gasteiger partial charge in [0, 0.05) is 24.5 Å². The Labute approximate surface area is 110 Å². The van der Waals surface area contributed by atoms with Crippen LogP contribution in [0.1, 0.15) is 52.9 Å². The van der Waals surface area contributed by atoms with Gasteiger partial charge in [0.25, 0.3) is 0 Å². The van der Waals surface area contributed by atoms with Gasteiger partial charge in [0.05, 0.1) is 0 Å². The Morgan fingerprint density at radius 3 is 2.67 bits per heavy atom. The third kappa shape index (κ3) is 2.79. The highest BCUT2D eigenvalue weighted by atomic mass is 16.6. The van der Waals surface area contributed by atoms with Crippen molar-refractivity contribution >= 4 is 6.09 Å². The molecule has 4 nitrogen and oxygen atoms in total. The third-order valence-corrected chi connectivity index (χ3v) is 4.26. The van der Waals surface area contributed by atoms with Gasteiger partial charge in [-0.3, -0.25) is 0 Å². The molecule has 0 unspecified atom stereocenters. The first-order chi connectivity index (χ1) is 8.32. The monoisotopic (exact) mass is 254 g/mol. The van der Waals surface area contributed by atoms with Gasteiger partial charge in [-0.25, -0.2) is 4.79 Å². The fourth-order valence-electron chi connectivity index (χ4n) is 3.22. The summed E-state index contributed by atoms with van der Waals surface area (Å²) in [5, 5.41) is 0. The van der Waals surface area contributed by atoms with Crippen LogP contribution in [0.15, 0.2) is 0 Å². The molecule has 2 atom stereocenters. The van der Waals surface area contributed by atoms with Crippen LogP contribution in [0, 0.1) is 5.41 Å². The minimum Gasteiger partial charge on any atom is -0.444 e. The molecule has 18 heavy (non-hydrogen) atoms. The molecule has 1 aliphatic heterocycles. The van der Waals surface area contributed by atoms with Gasteiger partial charge in [-0.2, -0.15) is 0 Å². The van der Waals surface area contributed by atoms with Crippen LogP contribution in [0.4, 0.5) is 4.79 Å². The number of rotatable bonds is 0. The first-order valence-electron chi connectivity index (χ1n) is 7.06. The maximum absolute atomic E-state index is 12.1. The first kappa shape index (κ1) is 13.7. The van der Waals surface area contributed by atoms with Crippen molar-refractivity contribution in [3.63, 3.8) is 0 Å². The molecule has 0 aromatic heterocycles. The molecular weight excluding hydrogens is 228 g/mol. The maximum Gasteiger partial charge on any atom is 0.410 e. The topological polar surface area (TPSA) is 55.6 Å². The van der Waals surface area contributed by atoms with E-state index >= 15 is 0 Å². The van der Waals surface area contributed by atoms with Crippen LogP contribution in [0.3, 0.4) is 0 Å². The van der Waals surface area contributed by atoms with E-state index in [2.05, 4.69) is 0 Å². The van der Waals surface area contributed by atoms with Gasteiger partial charge < -0.3 is 15.4 Å². The average molecular weight is 254 g/mol. The van der Waals surface area contributed by atoms with Gasteiger partial charge in [0.1, 0.15) is 5.60 Å². The van der Waals surface area contributed by atoms with E-state index < -0.39 is 5.60 Å². The van der Waals surface area contributed by atoms with E-state index in [1.54, 1.807) is 0 Å². The van der Waals surface area contributed by atoms with Crippen LogP contribution in [0.2, 0.25) is 0 Å². The van der Waals surface area contributed by atoms with E-state index in [0.29, 0.717) is 0 Å². The van der Waals surface area contributed by atoms with Crippen molar-refractivity contribution in [2.75, 3.05) is 13.1 Å². The second-order valence-corrected chi connectivity index (χ2v) is 6.87. The van der Waals surface area contributed by atoms with Crippen LogP contribution in [-0.2, 0) is 4.74 Å². The van der Waals surface area contributed by atoms with Crippen molar-refractivity contribution in [3.8, 4) is 0 Å². The van der Waals surface area contributed by atoms with Gasteiger partial charge in [-0.05, 0) is 40.0 Å². The van der Waals surface area contributed by atoms with E-state index in [1.807, 2.05) is 25.7 Å². The molecule has 1 saturated carbocycles. The van der Waals surface area contributed by atoms with Gasteiger partial charge in [0.15, 0.2) is 0 Å². The Kier molecular flexibility index (Phi) is 3.58. The van der Waals surface area contributed by atoms with Crippen LogP contribution < -0.4 is 5.73 Å². The smallest absolute Gasteiger partial charge is 0.410 e. The molecule has 0 aromatic carbocycles. The minimum absolute atomic E-state index is 0.162. The minimum atomic E-state index is -0.415. The molecule has 1 amide bonds. The lowest BCUT2D eigenvalue weighted by Crippen LogP contribution is -2.47. The molecule has 2 N–H and O–H groups in total. The molecule has 2 fully saturated rings. The zero-order chi connectivity index (χ0) is 13.4. The van der Waals surface area contributed by atoms with E-state index in [0.717, 1.165) is 32.4 Å². The lowest BCUT2D eigenvalue weighted by Gasteiger charge is -2.39. The second-order valence-electron chi connectivity index (χ2n) is 6.87. The molecule has 1 saturated heterocycles. The zero-order valence-electron chi connectivity index (χ0n) is 11.9. The van der Waals surface area contributed by atoms with E-state index in [9.17, 15) is 4.79 Å². The molecule has 104 valence electrons. The molecule has 0 aromatic rings. The first-order valence-corrected chi connectivity index (χ1v) is 7.06. The number of ether oxygens (including phenoxy) is 1. The third-order valence-electron chi connectivity index (χ3n) is 4.26. The Morgan fingerprint density at radius 2 is 2.06 bits per heavy atom. The van der Waals surface area contributed by atoms with E-state index in [4.69, 9.17) is 10.5 Å². The Bertz CT molecular complexity index is 324. The average Bonchev–Trinajstić information content (AvgIpc) is 2.66. The molecule has 1 spiro atoms. The lowest BCUT2D eigenvalue weighted by atomic mass is 9.70. The molecule has 2 aliphatic rings. The summed E-state index contributed by atoms with van der Waals surface area (Å²) in [4.78, 5) is 13.9. The van der Waals surface area contributed by atoms with Crippen molar-refractivity contribution in [1.29, 1.82) is 0 Å². The molecule has 1 heterocycles. The van der Waals surface area contributed by atoms with Crippen LogP contribution in [0.25, 0.3) is 0 Å². The van der Waals surface area contributed by atoms with E-state index in [-0.39, 0.29) is 17.6 Å². The van der Waals surface area contributed by atoms with Crippen molar-refractivity contribution < 1.29 is 9.53 Å². The molecule has 0 radical (unpaired) electrons. The van der Waals surface area contributed by atoms with Gasteiger partial charge in [0.2, 0.25) is 0 Å². The number of amides is 1. The van der Waals surface area contributed by atoms with Crippen molar-refractivity contribution in [2.24, 2.45) is 11.1 Å². The van der Waals surface area contributed by atoms with Crippen molar-refractivity contribution in [3.05, 3.63) is 0 Å². The van der Waals surface area contributed by atoms with Gasteiger partial charge >= 0.3 is 6.09 Å². The standard InChI is InChI=1S/C14H26N2O2/c1-13(2,3)18-12(17)16-9-8-14(10-16)7-5-4-6-11(14)15/h11H,4-10,15H2,1-3H3/t11-,14+/m1/s1. The molecule has 2 rings (SSSR count). The molecule has 0 bridgehead atoms.